The second-order valence-corrected chi connectivity index (χ2v) is 9.43. The summed E-state index contributed by atoms with van der Waals surface area (Å²) in [6.07, 6.45) is 2.38. The van der Waals surface area contributed by atoms with Crippen LogP contribution in [0.15, 0.2) is 41.8 Å². The van der Waals surface area contributed by atoms with Gasteiger partial charge >= 0.3 is 5.97 Å². The molecule has 1 aromatic carbocycles. The molecule has 4 rings (SSSR count). The molecule has 1 fully saturated rings. The van der Waals surface area contributed by atoms with Crippen molar-refractivity contribution in [1.29, 1.82) is 0 Å². The molecule has 180 valence electrons. The molecule has 1 aliphatic rings. The molecule has 0 radical (unpaired) electrons. The van der Waals surface area contributed by atoms with Gasteiger partial charge in [-0.05, 0) is 62.3 Å². The van der Waals surface area contributed by atoms with Gasteiger partial charge in [0.05, 0.1) is 23.2 Å². The molecule has 1 saturated carbocycles. The van der Waals surface area contributed by atoms with Crippen molar-refractivity contribution in [3.05, 3.63) is 47.5 Å². The van der Waals surface area contributed by atoms with E-state index in [1.807, 2.05) is 48.7 Å². The number of ether oxygens (including phenoxy) is 1. The predicted octanol–water partition coefficient (Wildman–Crippen LogP) is 4.14. The van der Waals surface area contributed by atoms with Crippen LogP contribution in [0.25, 0.3) is 10.2 Å². The van der Waals surface area contributed by atoms with Crippen LogP contribution in [0.5, 0.6) is 5.75 Å². The van der Waals surface area contributed by atoms with Crippen molar-refractivity contribution in [2.24, 2.45) is 5.92 Å². The van der Waals surface area contributed by atoms with Gasteiger partial charge < -0.3 is 24.6 Å². The minimum Gasteiger partial charge on any atom is -0.497 e. The van der Waals surface area contributed by atoms with Gasteiger partial charge in [0.15, 0.2) is 0 Å². The monoisotopic (exact) mass is 483 g/mol. The molecule has 0 atom stereocenters. The lowest BCUT2D eigenvalue weighted by molar-refractivity contribution is -0.142. The summed E-state index contributed by atoms with van der Waals surface area (Å²) in [6, 6.07) is 11.0. The van der Waals surface area contributed by atoms with Crippen LogP contribution >= 0.6 is 11.3 Å². The molecule has 9 heteroatoms. The average Bonchev–Trinajstić information content (AvgIpc) is 3.43. The zero-order valence-electron chi connectivity index (χ0n) is 19.3. The number of carboxylic acid groups (broad SMARTS) is 1. The minimum absolute atomic E-state index is 0.0276. The highest BCUT2D eigenvalue weighted by Gasteiger charge is 2.28. The molecule has 0 saturated heterocycles. The van der Waals surface area contributed by atoms with Crippen LogP contribution < -0.4 is 15.0 Å². The molecule has 2 aromatic heterocycles. The van der Waals surface area contributed by atoms with Crippen LogP contribution in [-0.2, 0) is 16.1 Å². The third-order valence-corrected chi connectivity index (χ3v) is 7.30. The number of carbonyl (C=O) groups excluding carboxylic acids is 2. The largest absolute Gasteiger partial charge is 0.497 e. The lowest BCUT2D eigenvalue weighted by Gasteiger charge is -2.27. The van der Waals surface area contributed by atoms with E-state index in [-0.39, 0.29) is 30.3 Å². The molecule has 2 N–H and O–H groups in total. The van der Waals surface area contributed by atoms with E-state index in [0.29, 0.717) is 43.7 Å². The van der Waals surface area contributed by atoms with E-state index in [1.54, 1.807) is 16.6 Å². The number of nitrogens with zero attached hydrogens (tertiary/aromatic N) is 2. The number of carbonyl (C=O) groups is 3. The summed E-state index contributed by atoms with van der Waals surface area (Å²) >= 11 is 1.52. The molecule has 0 bridgehead atoms. The zero-order chi connectivity index (χ0) is 24.2. The molecule has 2 amide bonds. The Labute approximate surface area is 202 Å². The average molecular weight is 484 g/mol. The van der Waals surface area contributed by atoms with Gasteiger partial charge in [-0.3, -0.25) is 14.4 Å². The molecule has 3 aromatic rings. The molecular weight excluding hydrogens is 454 g/mol. The second kappa shape index (κ2) is 10.3. The number of benzene rings is 1. The van der Waals surface area contributed by atoms with Gasteiger partial charge in [-0.1, -0.05) is 6.07 Å². The number of nitrogens with one attached hydrogen (secondary N) is 1. The topological polar surface area (TPSA) is 101 Å². The summed E-state index contributed by atoms with van der Waals surface area (Å²) in [6.45, 7) is 2.42. The Balaban J connectivity index is 1.53. The van der Waals surface area contributed by atoms with Gasteiger partial charge in [0.2, 0.25) is 5.91 Å². The smallest absolute Gasteiger partial charge is 0.306 e. The SMILES string of the molecule is CCN(C(=O)Cn1c(C(=O)NC2CCC(C(=O)O)CC2)cc2sccc21)c1cccc(OC)c1. The first-order valence-corrected chi connectivity index (χ1v) is 12.3. The Bertz CT molecular complexity index is 1190. The zero-order valence-corrected chi connectivity index (χ0v) is 20.1. The Morgan fingerprint density at radius 1 is 1.18 bits per heavy atom. The number of anilines is 1. The fourth-order valence-electron chi connectivity index (χ4n) is 4.58. The Hall–Kier alpha value is -3.33. The van der Waals surface area contributed by atoms with E-state index in [9.17, 15) is 19.5 Å². The number of carboxylic acids is 1. The summed E-state index contributed by atoms with van der Waals surface area (Å²) in [7, 11) is 1.59. The van der Waals surface area contributed by atoms with Gasteiger partial charge in [0.25, 0.3) is 5.91 Å². The molecular formula is C25H29N3O5S. The van der Waals surface area contributed by atoms with Crippen LogP contribution in [0, 0.1) is 5.92 Å². The summed E-state index contributed by atoms with van der Waals surface area (Å²) in [4.78, 5) is 39.4. The maximum Gasteiger partial charge on any atom is 0.306 e. The molecule has 34 heavy (non-hydrogen) atoms. The van der Waals surface area contributed by atoms with Crippen LogP contribution in [0.4, 0.5) is 5.69 Å². The number of fused-ring (bicyclic) bond motifs is 1. The first kappa shape index (κ1) is 23.8. The summed E-state index contributed by atoms with van der Waals surface area (Å²) < 4.78 is 8.01. The van der Waals surface area contributed by atoms with Crippen molar-refractivity contribution < 1.29 is 24.2 Å². The summed E-state index contributed by atoms with van der Waals surface area (Å²) in [5.41, 5.74) is 2.03. The van der Waals surface area contributed by atoms with E-state index < -0.39 is 5.97 Å². The number of aromatic nitrogens is 1. The summed E-state index contributed by atoms with van der Waals surface area (Å²) in [5.74, 6) is -0.803. The van der Waals surface area contributed by atoms with Crippen molar-refractivity contribution in [2.45, 2.75) is 45.2 Å². The number of likely N-dealkylation sites (N-methyl/N-ethyl adjacent to an activating group) is 1. The molecule has 1 aliphatic carbocycles. The van der Waals surface area contributed by atoms with Crippen LogP contribution in [0.3, 0.4) is 0 Å². The molecule has 0 unspecified atom stereocenters. The van der Waals surface area contributed by atoms with E-state index in [0.717, 1.165) is 15.9 Å². The third kappa shape index (κ3) is 4.94. The number of hydrogen-bond donors (Lipinski definition) is 2. The fourth-order valence-corrected chi connectivity index (χ4v) is 5.40. The maximum atomic E-state index is 13.4. The fraction of sp³-hybridized carbons (Fsp3) is 0.400. The third-order valence-electron chi connectivity index (χ3n) is 6.44. The lowest BCUT2D eigenvalue weighted by Crippen LogP contribution is -2.40. The molecule has 0 aliphatic heterocycles. The van der Waals surface area contributed by atoms with Gasteiger partial charge in [-0.2, -0.15) is 0 Å². The molecule has 0 spiro atoms. The number of aliphatic carboxylic acids is 1. The maximum absolute atomic E-state index is 13.4. The van der Waals surface area contributed by atoms with E-state index in [4.69, 9.17) is 4.74 Å². The number of rotatable bonds is 8. The number of methoxy groups -OCH3 is 1. The highest BCUT2D eigenvalue weighted by molar-refractivity contribution is 7.17. The van der Waals surface area contributed by atoms with E-state index >= 15 is 0 Å². The number of thiophene rings is 1. The first-order valence-electron chi connectivity index (χ1n) is 11.5. The van der Waals surface area contributed by atoms with Gasteiger partial charge in [0, 0.05) is 24.3 Å². The number of amides is 2. The van der Waals surface area contributed by atoms with Crippen molar-refractivity contribution in [1.82, 2.24) is 9.88 Å². The Morgan fingerprint density at radius 3 is 2.62 bits per heavy atom. The van der Waals surface area contributed by atoms with Crippen molar-refractivity contribution >= 4 is 45.0 Å². The lowest BCUT2D eigenvalue weighted by atomic mass is 9.86. The summed E-state index contributed by atoms with van der Waals surface area (Å²) in [5, 5.41) is 14.2. The van der Waals surface area contributed by atoms with Crippen LogP contribution in [0.2, 0.25) is 0 Å². The standard InChI is InChI=1S/C25H29N3O5S/c1-3-27(18-5-4-6-19(13-18)33-2)23(29)15-28-20-11-12-34-22(20)14-21(28)24(30)26-17-9-7-16(8-10-17)25(31)32/h4-6,11-14,16-17H,3,7-10,15H2,1-2H3,(H,26,30)(H,31,32). The first-order chi connectivity index (χ1) is 16.4. The van der Waals surface area contributed by atoms with E-state index in [1.165, 1.54) is 11.3 Å². The minimum atomic E-state index is -0.770. The van der Waals surface area contributed by atoms with Crippen LogP contribution in [0.1, 0.15) is 43.1 Å². The van der Waals surface area contributed by atoms with Gasteiger partial charge in [-0.15, -0.1) is 11.3 Å². The second-order valence-electron chi connectivity index (χ2n) is 8.49. The highest BCUT2D eigenvalue weighted by atomic mass is 32.1. The molecule has 8 nitrogen and oxygen atoms in total. The van der Waals surface area contributed by atoms with Crippen LogP contribution in [-0.4, -0.2) is 47.2 Å². The van der Waals surface area contributed by atoms with Crippen molar-refractivity contribution in [3.63, 3.8) is 0 Å². The van der Waals surface area contributed by atoms with Gasteiger partial charge in [-0.25, -0.2) is 0 Å². The quantitative estimate of drug-likeness (QED) is 0.502. The van der Waals surface area contributed by atoms with Crippen molar-refractivity contribution in [3.8, 4) is 5.75 Å². The Morgan fingerprint density at radius 2 is 1.94 bits per heavy atom. The molecule has 2 heterocycles. The predicted molar refractivity (Wildman–Crippen MR) is 132 cm³/mol. The van der Waals surface area contributed by atoms with Gasteiger partial charge in [0.1, 0.15) is 18.0 Å². The normalized spacial score (nSPS) is 17.9. The van der Waals surface area contributed by atoms with Crippen molar-refractivity contribution in [2.75, 3.05) is 18.6 Å². The number of hydrogen-bond acceptors (Lipinski definition) is 5. The van der Waals surface area contributed by atoms with E-state index in [2.05, 4.69) is 5.32 Å². The Kier molecular flexibility index (Phi) is 7.21. The highest BCUT2D eigenvalue weighted by Crippen LogP contribution is 2.28.